The van der Waals surface area contributed by atoms with Crippen LogP contribution in [-0.2, 0) is 0 Å². The molecule has 2 heterocycles. The summed E-state index contributed by atoms with van der Waals surface area (Å²) in [6, 6.07) is 2.17. The summed E-state index contributed by atoms with van der Waals surface area (Å²) < 4.78 is 5.28. The van der Waals surface area contributed by atoms with Crippen molar-refractivity contribution < 1.29 is 9.32 Å². The highest BCUT2D eigenvalue weighted by molar-refractivity contribution is 6.06. The molecule has 118 valence electrons. The minimum absolute atomic E-state index is 0.0347. The van der Waals surface area contributed by atoms with Crippen LogP contribution in [0.3, 0.4) is 0 Å². The maximum absolute atomic E-state index is 12.7. The minimum atomic E-state index is -0.0347. The topological polar surface area (TPSA) is 68.0 Å². The van der Waals surface area contributed by atoms with Gasteiger partial charge in [0.15, 0.2) is 0 Å². The number of nitrogens with one attached hydrogen (secondary N) is 1. The van der Waals surface area contributed by atoms with Crippen LogP contribution in [0.1, 0.15) is 73.6 Å². The second kappa shape index (κ2) is 6.07. The number of hydrogen-bond donors (Lipinski definition) is 1. The van der Waals surface area contributed by atoms with Crippen molar-refractivity contribution in [2.75, 3.05) is 0 Å². The van der Waals surface area contributed by atoms with E-state index >= 15 is 0 Å². The van der Waals surface area contributed by atoms with E-state index in [1.54, 1.807) is 0 Å². The summed E-state index contributed by atoms with van der Waals surface area (Å²) in [5.74, 6) is 0.198. The molecule has 0 bridgehead atoms. The first-order chi connectivity index (χ1) is 10.6. The molecule has 0 aromatic carbocycles. The Morgan fingerprint density at radius 2 is 2.05 bits per heavy atom. The Morgan fingerprint density at radius 3 is 2.73 bits per heavy atom. The third kappa shape index (κ3) is 2.85. The number of carbonyl (C=O) groups is 1. The van der Waals surface area contributed by atoms with Crippen molar-refractivity contribution >= 4 is 17.0 Å². The van der Waals surface area contributed by atoms with E-state index in [1.807, 2.05) is 13.0 Å². The average Bonchev–Trinajstić information content (AvgIpc) is 2.89. The zero-order chi connectivity index (χ0) is 15.7. The first-order valence-corrected chi connectivity index (χ1v) is 8.14. The fourth-order valence-electron chi connectivity index (χ4n) is 3.10. The van der Waals surface area contributed by atoms with Crippen LogP contribution in [0.5, 0.6) is 0 Å². The fraction of sp³-hybridized carbons (Fsp3) is 0.588. The van der Waals surface area contributed by atoms with Gasteiger partial charge in [0.2, 0.25) is 0 Å². The molecule has 0 spiro atoms. The maximum atomic E-state index is 12.7. The van der Waals surface area contributed by atoms with Gasteiger partial charge in [-0.25, -0.2) is 4.98 Å². The van der Waals surface area contributed by atoms with Gasteiger partial charge >= 0.3 is 0 Å². The predicted octanol–water partition coefficient (Wildman–Crippen LogP) is 3.72. The lowest BCUT2D eigenvalue weighted by molar-refractivity contribution is 0.0929. The van der Waals surface area contributed by atoms with E-state index in [0.717, 1.165) is 23.9 Å². The Morgan fingerprint density at radius 1 is 1.32 bits per heavy atom. The molecule has 1 aliphatic carbocycles. The molecule has 22 heavy (non-hydrogen) atoms. The summed E-state index contributed by atoms with van der Waals surface area (Å²) in [6.45, 7) is 5.96. The fourth-order valence-corrected chi connectivity index (χ4v) is 3.10. The summed E-state index contributed by atoms with van der Waals surface area (Å²) in [5, 5.41) is 7.88. The second-order valence-corrected chi connectivity index (χ2v) is 6.51. The number of fused-ring (bicyclic) bond motifs is 1. The van der Waals surface area contributed by atoms with E-state index in [4.69, 9.17) is 4.52 Å². The van der Waals surface area contributed by atoms with Gasteiger partial charge in [-0.1, -0.05) is 38.3 Å². The molecule has 1 amide bonds. The second-order valence-electron chi connectivity index (χ2n) is 6.51. The average molecular weight is 301 g/mol. The molecular weight excluding hydrogens is 278 g/mol. The molecule has 5 heteroatoms. The molecule has 1 aliphatic rings. The van der Waals surface area contributed by atoms with Crippen LogP contribution in [0.25, 0.3) is 11.1 Å². The zero-order valence-corrected chi connectivity index (χ0v) is 13.5. The van der Waals surface area contributed by atoms with Crippen molar-refractivity contribution in [2.45, 2.75) is 64.8 Å². The number of pyridine rings is 1. The highest BCUT2D eigenvalue weighted by Gasteiger charge is 2.22. The summed E-state index contributed by atoms with van der Waals surface area (Å²) in [4.78, 5) is 17.2. The molecule has 0 radical (unpaired) electrons. The van der Waals surface area contributed by atoms with Crippen molar-refractivity contribution in [3.63, 3.8) is 0 Å². The molecule has 1 N–H and O–H groups in total. The third-order valence-electron chi connectivity index (χ3n) is 4.41. The summed E-state index contributed by atoms with van der Waals surface area (Å²) in [6.07, 6.45) is 5.80. The van der Waals surface area contributed by atoms with Gasteiger partial charge in [-0.05, 0) is 31.7 Å². The molecule has 2 aromatic heterocycles. The van der Waals surface area contributed by atoms with E-state index < -0.39 is 0 Å². The predicted molar refractivity (Wildman–Crippen MR) is 85.0 cm³/mol. The van der Waals surface area contributed by atoms with Gasteiger partial charge < -0.3 is 9.84 Å². The number of carbonyl (C=O) groups excluding carboxylic acids is 1. The number of rotatable bonds is 3. The first-order valence-electron chi connectivity index (χ1n) is 8.14. The molecule has 0 saturated heterocycles. The monoisotopic (exact) mass is 301 g/mol. The molecule has 3 rings (SSSR count). The summed E-state index contributed by atoms with van der Waals surface area (Å²) in [7, 11) is 0. The standard InChI is InChI=1S/C17H23N3O2/c1-10(2)14-9-13(15-11(3)20-22-17(15)19-14)16(21)18-12-7-5-4-6-8-12/h9-10,12H,4-8H2,1-3H3,(H,18,21). The molecule has 0 unspecified atom stereocenters. The van der Waals surface area contributed by atoms with E-state index in [9.17, 15) is 4.79 Å². The third-order valence-corrected chi connectivity index (χ3v) is 4.41. The van der Waals surface area contributed by atoms with Crippen LogP contribution in [-0.4, -0.2) is 22.1 Å². The van der Waals surface area contributed by atoms with Gasteiger partial charge in [0.1, 0.15) is 0 Å². The highest BCUT2D eigenvalue weighted by atomic mass is 16.5. The SMILES string of the molecule is Cc1noc2nc(C(C)C)cc(C(=O)NC3CCCCC3)c12. The summed E-state index contributed by atoms with van der Waals surface area (Å²) in [5.41, 5.74) is 2.67. The van der Waals surface area contributed by atoms with Crippen molar-refractivity contribution in [3.8, 4) is 0 Å². The van der Waals surface area contributed by atoms with Crippen molar-refractivity contribution in [1.29, 1.82) is 0 Å². The van der Waals surface area contributed by atoms with Gasteiger partial charge in [0.25, 0.3) is 11.6 Å². The first kappa shape index (κ1) is 15.0. The number of aromatic nitrogens is 2. The Labute approximate surface area is 130 Å². The number of amides is 1. The van der Waals surface area contributed by atoms with E-state index in [1.165, 1.54) is 19.3 Å². The van der Waals surface area contributed by atoms with Crippen LogP contribution in [0.2, 0.25) is 0 Å². The van der Waals surface area contributed by atoms with E-state index in [2.05, 4.69) is 29.3 Å². The lowest BCUT2D eigenvalue weighted by atomic mass is 9.95. The van der Waals surface area contributed by atoms with E-state index in [0.29, 0.717) is 17.0 Å². The van der Waals surface area contributed by atoms with Crippen LogP contribution in [0.4, 0.5) is 0 Å². The molecule has 5 nitrogen and oxygen atoms in total. The smallest absolute Gasteiger partial charge is 0.259 e. The van der Waals surface area contributed by atoms with Gasteiger partial charge in [0.05, 0.1) is 16.6 Å². The largest absolute Gasteiger partial charge is 0.349 e. The molecular formula is C17H23N3O2. The molecule has 2 aromatic rings. The Kier molecular flexibility index (Phi) is 4.14. The lowest BCUT2D eigenvalue weighted by Crippen LogP contribution is -2.36. The molecule has 1 fully saturated rings. The molecule has 1 saturated carbocycles. The zero-order valence-electron chi connectivity index (χ0n) is 13.5. The Balaban J connectivity index is 1.96. The van der Waals surface area contributed by atoms with Crippen LogP contribution in [0.15, 0.2) is 10.6 Å². The number of hydrogen-bond acceptors (Lipinski definition) is 4. The normalized spacial score (nSPS) is 16.4. The highest BCUT2D eigenvalue weighted by Crippen LogP contribution is 2.26. The number of nitrogens with zero attached hydrogens (tertiary/aromatic N) is 2. The maximum Gasteiger partial charge on any atom is 0.259 e. The Bertz CT molecular complexity index is 685. The Hall–Kier alpha value is -1.91. The van der Waals surface area contributed by atoms with Crippen molar-refractivity contribution in [2.24, 2.45) is 0 Å². The lowest BCUT2D eigenvalue weighted by Gasteiger charge is -2.23. The van der Waals surface area contributed by atoms with E-state index in [-0.39, 0.29) is 17.9 Å². The minimum Gasteiger partial charge on any atom is -0.349 e. The van der Waals surface area contributed by atoms with Gasteiger partial charge in [-0.3, -0.25) is 4.79 Å². The molecule has 0 aliphatic heterocycles. The number of aryl methyl sites for hydroxylation is 1. The van der Waals surface area contributed by atoms with Crippen LogP contribution in [0, 0.1) is 6.92 Å². The van der Waals surface area contributed by atoms with Gasteiger partial charge in [0, 0.05) is 11.7 Å². The van der Waals surface area contributed by atoms with Gasteiger partial charge in [-0.15, -0.1) is 0 Å². The summed E-state index contributed by atoms with van der Waals surface area (Å²) >= 11 is 0. The quantitative estimate of drug-likeness (QED) is 0.938. The van der Waals surface area contributed by atoms with Crippen molar-refractivity contribution in [3.05, 3.63) is 23.0 Å². The van der Waals surface area contributed by atoms with Crippen molar-refractivity contribution in [1.82, 2.24) is 15.5 Å². The molecule has 0 atom stereocenters. The van der Waals surface area contributed by atoms with Crippen LogP contribution < -0.4 is 5.32 Å². The van der Waals surface area contributed by atoms with Gasteiger partial charge in [-0.2, -0.15) is 0 Å². The van der Waals surface area contributed by atoms with Crippen LogP contribution >= 0.6 is 0 Å².